The molecular weight excluding hydrogens is 326 g/mol. The summed E-state index contributed by atoms with van der Waals surface area (Å²) in [5.41, 5.74) is 0.524. The van der Waals surface area contributed by atoms with Crippen molar-refractivity contribution < 1.29 is 9.72 Å². The van der Waals surface area contributed by atoms with Crippen LogP contribution in [0.4, 0.5) is 5.69 Å². The number of carbonyl (C=O) groups excluding carboxylic acids is 1. The van der Waals surface area contributed by atoms with Crippen LogP contribution in [0.2, 0.25) is 5.02 Å². The van der Waals surface area contributed by atoms with E-state index in [9.17, 15) is 14.9 Å². The largest absolute Gasteiger partial charge is 0.344 e. The van der Waals surface area contributed by atoms with Crippen molar-refractivity contribution in [3.8, 4) is 0 Å². The zero-order chi connectivity index (χ0) is 16.4. The molecule has 22 heavy (non-hydrogen) atoms. The van der Waals surface area contributed by atoms with E-state index >= 15 is 0 Å². The van der Waals surface area contributed by atoms with Gasteiger partial charge < -0.3 is 5.32 Å². The van der Waals surface area contributed by atoms with Gasteiger partial charge in [0.1, 0.15) is 5.56 Å². The molecule has 1 atom stereocenters. The highest BCUT2D eigenvalue weighted by Crippen LogP contribution is 2.27. The summed E-state index contributed by atoms with van der Waals surface area (Å²) in [4.78, 5) is 28.0. The number of benzene rings is 1. The molecule has 1 unspecified atom stereocenters. The van der Waals surface area contributed by atoms with E-state index in [1.54, 1.807) is 0 Å². The Morgan fingerprint density at radius 2 is 2.14 bits per heavy atom. The lowest BCUT2D eigenvalue weighted by molar-refractivity contribution is -0.385. The fraction of sp³-hybridized carbons (Fsp3) is 0.286. The number of nitrogens with zero attached hydrogens (tertiary/aromatic N) is 2. The van der Waals surface area contributed by atoms with E-state index in [1.165, 1.54) is 29.5 Å². The van der Waals surface area contributed by atoms with Crippen molar-refractivity contribution in [3.05, 3.63) is 54.5 Å². The molecule has 1 heterocycles. The van der Waals surface area contributed by atoms with Crippen LogP contribution in [0, 0.1) is 24.0 Å². The minimum Gasteiger partial charge on any atom is -0.344 e. The molecule has 2 rings (SSSR count). The summed E-state index contributed by atoms with van der Waals surface area (Å²) >= 11 is 7.24. The fourth-order valence-corrected chi connectivity index (χ4v) is 3.23. The average molecular weight is 340 g/mol. The number of amides is 1. The number of nitro groups is 1. The van der Waals surface area contributed by atoms with Gasteiger partial charge in [0, 0.05) is 16.0 Å². The van der Waals surface area contributed by atoms with Crippen molar-refractivity contribution in [3.63, 3.8) is 0 Å². The molecular formula is C14H14ClN3O3S. The molecule has 0 aliphatic heterocycles. The standard InChI is InChI=1S/C14H14ClN3O3S/c1-7-13(22-9(3)16-7)8(2)17-14(19)11-5-4-10(15)6-12(11)18(20)21/h4-6,8H,1-3H3,(H,17,19). The van der Waals surface area contributed by atoms with E-state index in [2.05, 4.69) is 10.3 Å². The van der Waals surface area contributed by atoms with E-state index in [4.69, 9.17) is 11.6 Å². The number of carbonyl (C=O) groups is 1. The molecule has 1 aromatic carbocycles. The first-order chi connectivity index (χ1) is 10.3. The number of rotatable bonds is 4. The Morgan fingerprint density at radius 1 is 1.45 bits per heavy atom. The van der Waals surface area contributed by atoms with Crippen LogP contribution in [0.5, 0.6) is 0 Å². The van der Waals surface area contributed by atoms with Gasteiger partial charge >= 0.3 is 0 Å². The molecule has 0 bridgehead atoms. The normalized spacial score (nSPS) is 12.0. The molecule has 8 heteroatoms. The van der Waals surface area contributed by atoms with Crippen LogP contribution < -0.4 is 5.32 Å². The number of aromatic nitrogens is 1. The number of nitro benzene ring substituents is 1. The maximum Gasteiger partial charge on any atom is 0.283 e. The van der Waals surface area contributed by atoms with Crippen molar-refractivity contribution in [2.45, 2.75) is 26.8 Å². The maximum absolute atomic E-state index is 12.3. The minimum absolute atomic E-state index is 0.0138. The minimum atomic E-state index is -0.618. The highest BCUT2D eigenvalue weighted by Gasteiger charge is 2.23. The predicted molar refractivity (Wildman–Crippen MR) is 85.6 cm³/mol. The van der Waals surface area contributed by atoms with Gasteiger partial charge in [0.25, 0.3) is 11.6 Å². The van der Waals surface area contributed by atoms with Gasteiger partial charge in [-0.25, -0.2) is 4.98 Å². The van der Waals surface area contributed by atoms with Gasteiger partial charge in [0.05, 0.1) is 21.7 Å². The molecule has 0 fully saturated rings. The zero-order valence-electron chi connectivity index (χ0n) is 12.2. The Balaban J connectivity index is 2.26. The molecule has 2 aromatic rings. The number of hydrogen-bond donors (Lipinski definition) is 1. The monoisotopic (exact) mass is 339 g/mol. The average Bonchev–Trinajstić information content (AvgIpc) is 2.77. The Kier molecular flexibility index (Phi) is 4.77. The second-order valence-corrected chi connectivity index (χ2v) is 6.47. The van der Waals surface area contributed by atoms with Crippen molar-refractivity contribution in [2.75, 3.05) is 0 Å². The van der Waals surface area contributed by atoms with E-state index in [0.29, 0.717) is 0 Å². The summed E-state index contributed by atoms with van der Waals surface area (Å²) in [5, 5.41) is 14.9. The van der Waals surface area contributed by atoms with Gasteiger partial charge in [-0.2, -0.15) is 0 Å². The molecule has 6 nitrogen and oxygen atoms in total. The van der Waals surface area contributed by atoms with Crippen LogP contribution in [0.1, 0.15) is 38.9 Å². The van der Waals surface area contributed by atoms with Gasteiger partial charge in [-0.3, -0.25) is 14.9 Å². The summed E-state index contributed by atoms with van der Waals surface area (Å²) in [6.45, 7) is 5.57. The van der Waals surface area contributed by atoms with Crippen molar-refractivity contribution in [2.24, 2.45) is 0 Å². The van der Waals surface area contributed by atoms with Crippen LogP contribution in [-0.4, -0.2) is 15.8 Å². The number of aryl methyl sites for hydroxylation is 2. The van der Waals surface area contributed by atoms with E-state index < -0.39 is 10.8 Å². The lowest BCUT2D eigenvalue weighted by atomic mass is 10.1. The Bertz CT molecular complexity index is 745. The van der Waals surface area contributed by atoms with E-state index in [1.807, 2.05) is 20.8 Å². The van der Waals surface area contributed by atoms with Gasteiger partial charge in [-0.05, 0) is 32.9 Å². The summed E-state index contributed by atoms with van der Waals surface area (Å²) in [6.07, 6.45) is 0. The second kappa shape index (κ2) is 6.41. The van der Waals surface area contributed by atoms with E-state index in [0.717, 1.165) is 15.6 Å². The van der Waals surface area contributed by atoms with Gasteiger partial charge in [0.15, 0.2) is 0 Å². The second-order valence-electron chi connectivity index (χ2n) is 4.80. The Labute approximate surface area is 136 Å². The van der Waals surface area contributed by atoms with Gasteiger partial charge in [-0.1, -0.05) is 11.6 Å². The third kappa shape index (κ3) is 3.42. The molecule has 0 aliphatic rings. The third-order valence-corrected chi connectivity index (χ3v) is 4.57. The molecule has 1 amide bonds. The first-order valence-corrected chi connectivity index (χ1v) is 7.67. The Morgan fingerprint density at radius 3 is 2.68 bits per heavy atom. The summed E-state index contributed by atoms with van der Waals surface area (Å²) < 4.78 is 0. The van der Waals surface area contributed by atoms with Crippen molar-refractivity contribution >= 4 is 34.5 Å². The quantitative estimate of drug-likeness (QED) is 0.678. The first kappa shape index (κ1) is 16.4. The van der Waals surface area contributed by atoms with Crippen molar-refractivity contribution in [1.82, 2.24) is 10.3 Å². The van der Waals surface area contributed by atoms with Gasteiger partial charge in [-0.15, -0.1) is 11.3 Å². The molecule has 116 valence electrons. The maximum atomic E-state index is 12.3. The zero-order valence-corrected chi connectivity index (χ0v) is 13.8. The highest BCUT2D eigenvalue weighted by atomic mass is 35.5. The lowest BCUT2D eigenvalue weighted by Gasteiger charge is -2.13. The molecule has 0 saturated carbocycles. The SMILES string of the molecule is Cc1nc(C)c(C(C)NC(=O)c2ccc(Cl)cc2[N+](=O)[O-])s1. The smallest absolute Gasteiger partial charge is 0.283 e. The fourth-order valence-electron chi connectivity index (χ4n) is 2.14. The van der Waals surface area contributed by atoms with Crippen LogP contribution >= 0.6 is 22.9 Å². The number of thiazole rings is 1. The lowest BCUT2D eigenvalue weighted by Crippen LogP contribution is -2.27. The van der Waals surface area contributed by atoms with E-state index in [-0.39, 0.29) is 22.3 Å². The Hall–Kier alpha value is -1.99. The van der Waals surface area contributed by atoms with Crippen LogP contribution in [-0.2, 0) is 0 Å². The molecule has 0 spiro atoms. The summed E-state index contributed by atoms with van der Waals surface area (Å²) in [6, 6.07) is 3.70. The number of halogens is 1. The molecule has 0 saturated heterocycles. The van der Waals surface area contributed by atoms with Crippen molar-refractivity contribution in [1.29, 1.82) is 0 Å². The predicted octanol–water partition coefficient (Wildman–Crippen LogP) is 3.81. The summed E-state index contributed by atoms with van der Waals surface area (Å²) in [5.74, 6) is -0.513. The molecule has 1 N–H and O–H groups in total. The molecule has 1 aromatic heterocycles. The first-order valence-electron chi connectivity index (χ1n) is 6.48. The topological polar surface area (TPSA) is 85.1 Å². The number of nitrogens with one attached hydrogen (secondary N) is 1. The van der Waals surface area contributed by atoms with Crippen LogP contribution in [0.15, 0.2) is 18.2 Å². The number of hydrogen-bond acceptors (Lipinski definition) is 5. The van der Waals surface area contributed by atoms with Crippen LogP contribution in [0.25, 0.3) is 0 Å². The van der Waals surface area contributed by atoms with Gasteiger partial charge in [0.2, 0.25) is 0 Å². The third-order valence-electron chi connectivity index (χ3n) is 3.08. The van der Waals surface area contributed by atoms with Crippen LogP contribution in [0.3, 0.4) is 0 Å². The highest BCUT2D eigenvalue weighted by molar-refractivity contribution is 7.11. The molecule has 0 radical (unpaired) electrons. The molecule has 0 aliphatic carbocycles. The summed E-state index contributed by atoms with van der Waals surface area (Å²) in [7, 11) is 0.